The largest absolute Gasteiger partial charge is 0.493 e. The minimum Gasteiger partial charge on any atom is -0.493 e. The first-order valence-corrected chi connectivity index (χ1v) is 8.72. The second-order valence-corrected chi connectivity index (χ2v) is 6.39. The lowest BCUT2D eigenvalue weighted by molar-refractivity contribution is 0.303. The first-order valence-electron chi connectivity index (χ1n) is 8.72. The highest BCUT2D eigenvalue weighted by Crippen LogP contribution is 2.30. The predicted molar refractivity (Wildman–Crippen MR) is 93.4 cm³/mol. The highest BCUT2D eigenvalue weighted by Gasteiger charge is 2.20. The number of nitrogens with one attached hydrogen (secondary N) is 1. The fraction of sp³-hybridized carbons (Fsp3) is 0.500. The van der Waals surface area contributed by atoms with Gasteiger partial charge in [0.25, 0.3) is 0 Å². The van der Waals surface area contributed by atoms with Crippen LogP contribution in [-0.2, 0) is 6.54 Å². The molecule has 0 heterocycles. The van der Waals surface area contributed by atoms with Gasteiger partial charge >= 0.3 is 0 Å². The monoisotopic (exact) mass is 297 g/mol. The fourth-order valence-electron chi connectivity index (χ4n) is 2.89. The Morgan fingerprint density at radius 2 is 1.95 bits per heavy atom. The zero-order valence-electron chi connectivity index (χ0n) is 13.6. The summed E-state index contributed by atoms with van der Waals surface area (Å²) in [5.74, 6) is 1.96. The molecular formula is C20H27NO. The molecule has 0 atom stereocenters. The van der Waals surface area contributed by atoms with Crippen LogP contribution in [0.4, 0.5) is 0 Å². The van der Waals surface area contributed by atoms with Crippen LogP contribution in [0, 0.1) is 5.92 Å². The molecule has 0 saturated heterocycles. The summed E-state index contributed by atoms with van der Waals surface area (Å²) in [4.78, 5) is 0. The maximum Gasteiger partial charge on any atom is 0.124 e. The van der Waals surface area contributed by atoms with Crippen LogP contribution in [-0.4, -0.2) is 13.2 Å². The van der Waals surface area contributed by atoms with E-state index in [0.717, 1.165) is 37.8 Å². The Bertz CT molecular complexity index is 604. The SMILES string of the molecule is CCCCCOc1ccc2ccccc2c1CNCC1CC1. The lowest BCUT2D eigenvalue weighted by atomic mass is 10.0. The molecule has 0 unspecified atom stereocenters. The minimum atomic E-state index is 0.821. The van der Waals surface area contributed by atoms with Crippen molar-refractivity contribution >= 4 is 10.8 Å². The second kappa shape index (κ2) is 7.64. The molecule has 2 aromatic carbocycles. The van der Waals surface area contributed by atoms with Crippen molar-refractivity contribution in [2.24, 2.45) is 5.92 Å². The summed E-state index contributed by atoms with van der Waals surface area (Å²) in [6.07, 6.45) is 6.39. The van der Waals surface area contributed by atoms with Gasteiger partial charge in [-0.3, -0.25) is 0 Å². The molecule has 1 fully saturated rings. The molecule has 3 rings (SSSR count). The van der Waals surface area contributed by atoms with Crippen LogP contribution >= 0.6 is 0 Å². The summed E-state index contributed by atoms with van der Waals surface area (Å²) < 4.78 is 6.08. The molecule has 1 aliphatic carbocycles. The van der Waals surface area contributed by atoms with Crippen molar-refractivity contribution in [1.29, 1.82) is 0 Å². The predicted octanol–water partition coefficient (Wildman–Crippen LogP) is 4.91. The number of hydrogen-bond donors (Lipinski definition) is 1. The van der Waals surface area contributed by atoms with Crippen LogP contribution in [0.3, 0.4) is 0 Å². The van der Waals surface area contributed by atoms with E-state index in [4.69, 9.17) is 4.74 Å². The zero-order chi connectivity index (χ0) is 15.2. The smallest absolute Gasteiger partial charge is 0.124 e. The summed E-state index contributed by atoms with van der Waals surface area (Å²) >= 11 is 0. The van der Waals surface area contributed by atoms with E-state index in [-0.39, 0.29) is 0 Å². The molecule has 0 aromatic heterocycles. The summed E-state index contributed by atoms with van der Waals surface area (Å²) in [5.41, 5.74) is 1.32. The van der Waals surface area contributed by atoms with Gasteiger partial charge in [0.15, 0.2) is 0 Å². The highest BCUT2D eigenvalue weighted by atomic mass is 16.5. The third kappa shape index (κ3) is 4.01. The molecule has 22 heavy (non-hydrogen) atoms. The Balaban J connectivity index is 1.74. The van der Waals surface area contributed by atoms with Crippen molar-refractivity contribution < 1.29 is 4.74 Å². The van der Waals surface area contributed by atoms with Gasteiger partial charge in [0.05, 0.1) is 6.61 Å². The second-order valence-electron chi connectivity index (χ2n) is 6.39. The number of rotatable bonds is 9. The van der Waals surface area contributed by atoms with E-state index in [2.05, 4.69) is 48.6 Å². The average Bonchev–Trinajstić information content (AvgIpc) is 3.37. The van der Waals surface area contributed by atoms with Crippen molar-refractivity contribution in [1.82, 2.24) is 5.32 Å². The number of fused-ring (bicyclic) bond motifs is 1. The molecule has 0 amide bonds. The Hall–Kier alpha value is -1.54. The minimum absolute atomic E-state index is 0.821. The zero-order valence-corrected chi connectivity index (χ0v) is 13.6. The van der Waals surface area contributed by atoms with Crippen LogP contribution in [0.5, 0.6) is 5.75 Å². The molecule has 2 nitrogen and oxygen atoms in total. The molecule has 2 heteroatoms. The molecule has 0 radical (unpaired) electrons. The van der Waals surface area contributed by atoms with Gasteiger partial charge in [0, 0.05) is 12.1 Å². The lowest BCUT2D eigenvalue weighted by Gasteiger charge is -2.15. The first-order chi connectivity index (χ1) is 10.9. The van der Waals surface area contributed by atoms with Crippen molar-refractivity contribution in [3.63, 3.8) is 0 Å². The quantitative estimate of drug-likeness (QED) is 0.664. The van der Waals surface area contributed by atoms with Crippen LogP contribution in [0.15, 0.2) is 36.4 Å². The average molecular weight is 297 g/mol. The van der Waals surface area contributed by atoms with Crippen molar-refractivity contribution in [2.45, 2.75) is 45.6 Å². The number of ether oxygens (including phenoxy) is 1. The summed E-state index contributed by atoms with van der Waals surface area (Å²) in [7, 11) is 0. The summed E-state index contributed by atoms with van der Waals surface area (Å²) in [6.45, 7) is 5.09. The maximum atomic E-state index is 6.08. The van der Waals surface area contributed by atoms with Crippen LogP contribution in [0.1, 0.15) is 44.6 Å². The molecule has 1 saturated carbocycles. The van der Waals surface area contributed by atoms with E-state index in [9.17, 15) is 0 Å². The molecular weight excluding hydrogens is 270 g/mol. The van der Waals surface area contributed by atoms with Crippen molar-refractivity contribution in [3.05, 3.63) is 42.0 Å². The Labute approximate surface area is 133 Å². The molecule has 0 bridgehead atoms. The van der Waals surface area contributed by atoms with Gasteiger partial charge < -0.3 is 10.1 Å². The van der Waals surface area contributed by atoms with Gasteiger partial charge in [-0.15, -0.1) is 0 Å². The first kappa shape index (κ1) is 15.4. The van der Waals surface area contributed by atoms with Gasteiger partial charge in [0.2, 0.25) is 0 Å². The van der Waals surface area contributed by atoms with Gasteiger partial charge in [0.1, 0.15) is 5.75 Å². The lowest BCUT2D eigenvalue weighted by Crippen LogP contribution is -2.17. The van der Waals surface area contributed by atoms with Crippen molar-refractivity contribution in [3.8, 4) is 5.75 Å². The molecule has 0 spiro atoms. The third-order valence-corrected chi connectivity index (χ3v) is 4.43. The van der Waals surface area contributed by atoms with E-state index in [1.54, 1.807) is 0 Å². The topological polar surface area (TPSA) is 21.3 Å². The molecule has 2 aromatic rings. The highest BCUT2D eigenvalue weighted by molar-refractivity contribution is 5.87. The Morgan fingerprint density at radius 1 is 1.09 bits per heavy atom. The number of benzene rings is 2. The van der Waals surface area contributed by atoms with Crippen LogP contribution < -0.4 is 10.1 Å². The summed E-state index contributed by atoms with van der Waals surface area (Å²) in [5, 5.41) is 6.23. The van der Waals surface area contributed by atoms with E-state index in [0.29, 0.717) is 0 Å². The molecule has 1 aliphatic rings. The summed E-state index contributed by atoms with van der Waals surface area (Å²) in [6, 6.07) is 12.9. The van der Waals surface area contributed by atoms with Crippen LogP contribution in [0.2, 0.25) is 0 Å². The number of hydrogen-bond acceptors (Lipinski definition) is 2. The fourth-order valence-corrected chi connectivity index (χ4v) is 2.89. The van der Waals surface area contributed by atoms with E-state index in [1.807, 2.05) is 0 Å². The standard InChI is InChI=1S/C20H27NO/c1-2-3-6-13-22-20-12-11-17-7-4-5-8-18(17)19(20)15-21-14-16-9-10-16/h4-5,7-8,11-12,16,21H,2-3,6,9-10,13-15H2,1H3. The van der Waals surface area contributed by atoms with Gasteiger partial charge in [-0.25, -0.2) is 0 Å². The van der Waals surface area contributed by atoms with E-state index in [1.165, 1.54) is 42.0 Å². The van der Waals surface area contributed by atoms with Gasteiger partial charge in [-0.05, 0) is 48.6 Å². The molecule has 0 aliphatic heterocycles. The van der Waals surface area contributed by atoms with E-state index < -0.39 is 0 Å². The van der Waals surface area contributed by atoms with Gasteiger partial charge in [-0.2, -0.15) is 0 Å². The van der Waals surface area contributed by atoms with Crippen LogP contribution in [0.25, 0.3) is 10.8 Å². The Kier molecular flexibility index (Phi) is 5.33. The Morgan fingerprint density at radius 3 is 2.77 bits per heavy atom. The van der Waals surface area contributed by atoms with Gasteiger partial charge in [-0.1, -0.05) is 50.1 Å². The molecule has 118 valence electrons. The maximum absolute atomic E-state index is 6.08. The molecule has 1 N–H and O–H groups in total. The van der Waals surface area contributed by atoms with Crippen molar-refractivity contribution in [2.75, 3.05) is 13.2 Å². The number of unbranched alkanes of at least 4 members (excludes halogenated alkanes) is 2. The third-order valence-electron chi connectivity index (χ3n) is 4.43. The van der Waals surface area contributed by atoms with E-state index >= 15 is 0 Å². The normalized spacial score (nSPS) is 14.4.